The number of guanidine groups is 1. The van der Waals surface area contributed by atoms with Gasteiger partial charge in [-0.05, 0) is 51.5 Å². The van der Waals surface area contributed by atoms with E-state index in [0.29, 0.717) is 51.6 Å². The Kier molecular flexibility index (Phi) is 15.2. The number of rotatable bonds is 17. The number of unbranched alkanes of at least 4 members (excludes halogenated alkanes) is 1. The van der Waals surface area contributed by atoms with Crippen LogP contribution in [0.25, 0.3) is 0 Å². The number of nitrogens with zero attached hydrogens (tertiary/aromatic N) is 1. The highest BCUT2D eigenvalue weighted by molar-refractivity contribution is 5.94. The predicted molar refractivity (Wildman–Crippen MR) is 129 cm³/mol. The Hall–Kier alpha value is -2.93. The lowest BCUT2D eigenvalue weighted by molar-refractivity contribution is -0.142. The van der Waals surface area contributed by atoms with Gasteiger partial charge in [0.25, 0.3) is 0 Å². The number of aliphatic imine (C=N–C) groups is 1. The Balaban J connectivity index is 5.31. The highest BCUT2D eigenvalue weighted by Gasteiger charge is 2.31. The van der Waals surface area contributed by atoms with Crippen LogP contribution in [0, 0.1) is 5.92 Å². The number of hydrogen-bond donors (Lipinski definition) is 8. The van der Waals surface area contributed by atoms with E-state index in [2.05, 4.69) is 20.9 Å². The van der Waals surface area contributed by atoms with Crippen LogP contribution in [-0.4, -0.2) is 72.0 Å². The molecular formula is C21H42N8O5. The SMILES string of the molecule is CCC(C)C(NC(=O)C(CCCCN)NC(=O)C(N)CCCN=C(N)N)C(=O)NC(C)C(=O)O. The molecule has 0 rings (SSSR count). The van der Waals surface area contributed by atoms with Crippen molar-refractivity contribution in [3.8, 4) is 0 Å². The number of hydrogen-bond acceptors (Lipinski definition) is 7. The van der Waals surface area contributed by atoms with Crippen molar-refractivity contribution in [2.45, 2.75) is 83.5 Å². The maximum atomic E-state index is 13.0. The van der Waals surface area contributed by atoms with Crippen molar-refractivity contribution < 1.29 is 24.3 Å². The first kappa shape index (κ1) is 31.1. The molecule has 3 amide bonds. The summed E-state index contributed by atoms with van der Waals surface area (Å²) in [5.74, 6) is -3.19. The summed E-state index contributed by atoms with van der Waals surface area (Å²) in [4.78, 5) is 53.2. The lowest BCUT2D eigenvalue weighted by Crippen LogP contribution is -2.58. The summed E-state index contributed by atoms with van der Waals surface area (Å²) in [5, 5.41) is 16.8. The molecule has 0 aromatic heterocycles. The summed E-state index contributed by atoms with van der Waals surface area (Å²) in [7, 11) is 0. The molecule has 0 aromatic rings. The summed E-state index contributed by atoms with van der Waals surface area (Å²) >= 11 is 0. The molecule has 196 valence electrons. The molecule has 34 heavy (non-hydrogen) atoms. The molecule has 0 saturated heterocycles. The molecule has 0 fully saturated rings. The van der Waals surface area contributed by atoms with Gasteiger partial charge in [0.05, 0.1) is 6.04 Å². The fourth-order valence-electron chi connectivity index (χ4n) is 3.01. The lowest BCUT2D eigenvalue weighted by Gasteiger charge is -2.27. The Morgan fingerprint density at radius 2 is 1.56 bits per heavy atom. The number of carboxylic acid groups (broad SMARTS) is 1. The van der Waals surface area contributed by atoms with Gasteiger partial charge in [0.1, 0.15) is 18.1 Å². The molecule has 0 spiro atoms. The molecular weight excluding hydrogens is 444 g/mol. The zero-order valence-electron chi connectivity index (χ0n) is 20.4. The van der Waals surface area contributed by atoms with Gasteiger partial charge in [-0.2, -0.15) is 0 Å². The van der Waals surface area contributed by atoms with E-state index in [-0.39, 0.29) is 11.9 Å². The van der Waals surface area contributed by atoms with Gasteiger partial charge < -0.3 is 44.0 Å². The first-order valence-electron chi connectivity index (χ1n) is 11.6. The molecule has 12 N–H and O–H groups in total. The van der Waals surface area contributed by atoms with Crippen molar-refractivity contribution >= 4 is 29.7 Å². The summed E-state index contributed by atoms with van der Waals surface area (Å²) in [6, 6.07) is -3.89. The van der Waals surface area contributed by atoms with Gasteiger partial charge in [-0.15, -0.1) is 0 Å². The number of carbonyl (C=O) groups excluding carboxylic acids is 3. The Morgan fingerprint density at radius 3 is 2.09 bits per heavy atom. The Labute approximate surface area is 200 Å². The highest BCUT2D eigenvalue weighted by atomic mass is 16.4. The van der Waals surface area contributed by atoms with Crippen LogP contribution in [0.5, 0.6) is 0 Å². The number of carboxylic acids is 1. The van der Waals surface area contributed by atoms with E-state index in [0.717, 1.165) is 0 Å². The van der Waals surface area contributed by atoms with E-state index in [1.54, 1.807) is 6.92 Å². The molecule has 5 atom stereocenters. The summed E-state index contributed by atoms with van der Waals surface area (Å²) < 4.78 is 0. The molecule has 0 aliphatic rings. The Morgan fingerprint density at radius 1 is 0.912 bits per heavy atom. The van der Waals surface area contributed by atoms with Crippen LogP contribution in [-0.2, 0) is 19.2 Å². The van der Waals surface area contributed by atoms with Crippen LogP contribution in [0.2, 0.25) is 0 Å². The lowest BCUT2D eigenvalue weighted by atomic mass is 9.97. The van der Waals surface area contributed by atoms with Crippen LogP contribution in [0.3, 0.4) is 0 Å². The average Bonchev–Trinajstić information content (AvgIpc) is 2.78. The first-order chi connectivity index (χ1) is 15.9. The third kappa shape index (κ3) is 12.3. The molecule has 0 aromatic carbocycles. The highest BCUT2D eigenvalue weighted by Crippen LogP contribution is 2.10. The maximum absolute atomic E-state index is 13.0. The van der Waals surface area contributed by atoms with Crippen molar-refractivity contribution in [1.82, 2.24) is 16.0 Å². The second kappa shape index (κ2) is 16.6. The monoisotopic (exact) mass is 486 g/mol. The quantitative estimate of drug-likeness (QED) is 0.0649. The van der Waals surface area contributed by atoms with Crippen LogP contribution in [0.4, 0.5) is 0 Å². The van der Waals surface area contributed by atoms with E-state index < -0.39 is 47.9 Å². The summed E-state index contributed by atoms with van der Waals surface area (Å²) in [6.45, 7) is 5.70. The average molecular weight is 487 g/mol. The normalized spacial score (nSPS) is 15.2. The largest absolute Gasteiger partial charge is 0.480 e. The van der Waals surface area contributed by atoms with Gasteiger partial charge in [0.15, 0.2) is 5.96 Å². The van der Waals surface area contributed by atoms with E-state index in [4.69, 9.17) is 28.0 Å². The van der Waals surface area contributed by atoms with Gasteiger partial charge in [-0.1, -0.05) is 20.3 Å². The van der Waals surface area contributed by atoms with Gasteiger partial charge in [-0.3, -0.25) is 24.2 Å². The summed E-state index contributed by atoms with van der Waals surface area (Å²) in [6.07, 6.45) is 2.88. The van der Waals surface area contributed by atoms with E-state index in [1.807, 2.05) is 6.92 Å². The Bertz CT molecular complexity index is 699. The van der Waals surface area contributed by atoms with Crippen LogP contribution in [0.15, 0.2) is 4.99 Å². The molecule has 0 saturated carbocycles. The number of carbonyl (C=O) groups is 4. The van der Waals surface area contributed by atoms with Crippen LogP contribution < -0.4 is 38.9 Å². The molecule has 0 heterocycles. The zero-order valence-corrected chi connectivity index (χ0v) is 20.4. The van der Waals surface area contributed by atoms with Crippen molar-refractivity contribution in [1.29, 1.82) is 0 Å². The van der Waals surface area contributed by atoms with Gasteiger partial charge in [0.2, 0.25) is 17.7 Å². The van der Waals surface area contributed by atoms with E-state index in [9.17, 15) is 19.2 Å². The first-order valence-corrected chi connectivity index (χ1v) is 11.6. The molecule has 0 bridgehead atoms. The van der Waals surface area contributed by atoms with Crippen molar-refractivity contribution in [3.63, 3.8) is 0 Å². The molecule has 13 heteroatoms. The predicted octanol–water partition coefficient (Wildman–Crippen LogP) is -1.90. The number of nitrogens with two attached hydrogens (primary N) is 4. The van der Waals surface area contributed by atoms with Crippen LogP contribution in [0.1, 0.15) is 59.3 Å². The second-order valence-corrected chi connectivity index (χ2v) is 8.34. The van der Waals surface area contributed by atoms with E-state index in [1.165, 1.54) is 6.92 Å². The number of aliphatic carboxylic acids is 1. The minimum atomic E-state index is -1.19. The molecule has 0 radical (unpaired) electrons. The number of nitrogens with one attached hydrogen (secondary N) is 3. The van der Waals surface area contributed by atoms with Crippen LogP contribution >= 0.6 is 0 Å². The molecule has 0 aliphatic carbocycles. The standard InChI is InChI=1S/C21H42N8O5/c1-4-12(2)16(19(32)27-13(3)20(33)34)29-18(31)15(9-5-6-10-22)28-17(30)14(23)8-7-11-26-21(24)25/h12-16H,4-11,22-23H2,1-3H3,(H,27,32)(H,28,30)(H,29,31)(H,33,34)(H4,24,25,26). The molecule has 13 nitrogen and oxygen atoms in total. The minimum absolute atomic E-state index is 0.0488. The third-order valence-electron chi connectivity index (χ3n) is 5.41. The van der Waals surface area contributed by atoms with Gasteiger partial charge in [-0.25, -0.2) is 0 Å². The smallest absolute Gasteiger partial charge is 0.325 e. The zero-order chi connectivity index (χ0) is 26.3. The molecule has 5 unspecified atom stereocenters. The van der Waals surface area contributed by atoms with Gasteiger partial charge >= 0.3 is 5.97 Å². The number of amides is 3. The third-order valence-corrected chi connectivity index (χ3v) is 5.41. The van der Waals surface area contributed by atoms with Crippen molar-refractivity contribution in [2.75, 3.05) is 13.1 Å². The fraction of sp³-hybridized carbons (Fsp3) is 0.762. The van der Waals surface area contributed by atoms with Crippen molar-refractivity contribution in [3.05, 3.63) is 0 Å². The van der Waals surface area contributed by atoms with Crippen molar-refractivity contribution in [2.24, 2.45) is 33.8 Å². The summed E-state index contributed by atoms with van der Waals surface area (Å²) in [5.41, 5.74) is 22.0. The fourth-order valence-corrected chi connectivity index (χ4v) is 3.01. The maximum Gasteiger partial charge on any atom is 0.325 e. The van der Waals surface area contributed by atoms with Gasteiger partial charge in [0, 0.05) is 6.54 Å². The van der Waals surface area contributed by atoms with E-state index >= 15 is 0 Å². The molecule has 0 aliphatic heterocycles. The second-order valence-electron chi connectivity index (χ2n) is 8.34. The topological polar surface area (TPSA) is 241 Å². The minimum Gasteiger partial charge on any atom is -0.480 e.